The van der Waals surface area contributed by atoms with Gasteiger partial charge in [0.25, 0.3) is 0 Å². The van der Waals surface area contributed by atoms with Gasteiger partial charge in [-0.1, -0.05) is 0 Å². The van der Waals surface area contributed by atoms with Crippen molar-refractivity contribution in [3.63, 3.8) is 0 Å². The SMILES string of the molecule is [C-]#[N+][Si](C)(C)[N+]#[C-]. The molecule has 0 amide bonds. The molecule has 0 heterocycles. The van der Waals surface area contributed by atoms with Crippen LogP contribution < -0.4 is 0 Å². The topological polar surface area (TPSA) is 8.72 Å². The minimum absolute atomic E-state index is 1.73. The van der Waals surface area contributed by atoms with Crippen molar-refractivity contribution in [3.8, 4) is 0 Å². The van der Waals surface area contributed by atoms with Crippen molar-refractivity contribution in [2.24, 2.45) is 0 Å². The number of nitrogens with zero attached hydrogens (tertiary/aromatic N) is 2. The Morgan fingerprint density at radius 1 is 1.14 bits per heavy atom. The van der Waals surface area contributed by atoms with E-state index < -0.39 is 8.40 Å². The fourth-order valence-electron chi connectivity index (χ4n) is 0.0250. The van der Waals surface area contributed by atoms with Crippen molar-refractivity contribution in [3.05, 3.63) is 22.2 Å². The first-order valence-corrected chi connectivity index (χ1v) is 4.79. The maximum absolute atomic E-state index is 6.48. The van der Waals surface area contributed by atoms with Crippen molar-refractivity contribution in [2.75, 3.05) is 0 Å². The standard InChI is InChI=1S/C4H6N2Si/c1-5-7(3,4)6-2/h3-4H3. The molecule has 0 aromatic rings. The van der Waals surface area contributed by atoms with Crippen molar-refractivity contribution in [2.45, 2.75) is 13.1 Å². The quantitative estimate of drug-likeness (QED) is 0.330. The molecule has 0 atom stereocenters. The molecule has 0 bridgehead atoms. The van der Waals surface area contributed by atoms with Crippen LogP contribution in [0, 0.1) is 13.1 Å². The Bertz CT molecular complexity index is 121. The van der Waals surface area contributed by atoms with E-state index in [2.05, 4.69) is 9.02 Å². The lowest BCUT2D eigenvalue weighted by atomic mass is 11.8. The van der Waals surface area contributed by atoms with Crippen molar-refractivity contribution < 1.29 is 0 Å². The lowest BCUT2D eigenvalue weighted by Gasteiger charge is -1.81. The summed E-state index contributed by atoms with van der Waals surface area (Å²) in [7, 11) is -2.07. The molecule has 0 aromatic heterocycles. The summed E-state index contributed by atoms with van der Waals surface area (Å²) in [6, 6.07) is 0. The highest BCUT2D eigenvalue weighted by Gasteiger charge is 2.44. The van der Waals surface area contributed by atoms with Gasteiger partial charge in [-0.3, -0.25) is 13.1 Å². The van der Waals surface area contributed by atoms with E-state index in [-0.39, 0.29) is 0 Å². The molecule has 0 aliphatic heterocycles. The third kappa shape index (κ3) is 1.97. The van der Waals surface area contributed by atoms with E-state index in [4.69, 9.17) is 13.1 Å². The molecular formula is C4H6N2Si. The van der Waals surface area contributed by atoms with Gasteiger partial charge in [0.1, 0.15) is 0 Å². The molecule has 0 aromatic carbocycles. The molecular weight excluding hydrogens is 104 g/mol. The minimum Gasteiger partial charge on any atom is -0.342 e. The molecule has 0 fully saturated rings. The number of hydrogen-bond acceptors (Lipinski definition) is 0. The summed E-state index contributed by atoms with van der Waals surface area (Å²) in [6.45, 7) is 16.4. The molecule has 3 heteroatoms. The second kappa shape index (κ2) is 1.77. The predicted octanol–water partition coefficient (Wildman–Crippen LogP) is 1.53. The molecule has 0 radical (unpaired) electrons. The molecule has 0 saturated carbocycles. The van der Waals surface area contributed by atoms with Gasteiger partial charge in [-0.05, 0) is 0 Å². The highest BCUT2D eigenvalue weighted by molar-refractivity contribution is 6.83. The average molecular weight is 110 g/mol. The summed E-state index contributed by atoms with van der Waals surface area (Å²) in [5, 5.41) is 0. The zero-order chi connectivity index (χ0) is 5.91. The Morgan fingerprint density at radius 2 is 1.43 bits per heavy atom. The van der Waals surface area contributed by atoms with Crippen LogP contribution in [0.1, 0.15) is 0 Å². The summed E-state index contributed by atoms with van der Waals surface area (Å²) < 4.78 is 6.35. The van der Waals surface area contributed by atoms with Crippen LogP contribution in [0.25, 0.3) is 9.02 Å². The molecule has 2 nitrogen and oxygen atoms in total. The van der Waals surface area contributed by atoms with Gasteiger partial charge in [0.15, 0.2) is 0 Å². The first kappa shape index (κ1) is 6.20. The summed E-state index contributed by atoms with van der Waals surface area (Å²) >= 11 is 0. The van der Waals surface area contributed by atoms with Crippen molar-refractivity contribution in [1.82, 2.24) is 0 Å². The molecule has 0 rings (SSSR count). The Kier molecular flexibility index (Phi) is 1.56. The van der Waals surface area contributed by atoms with E-state index in [0.717, 1.165) is 0 Å². The second-order valence-electron chi connectivity index (χ2n) is 1.72. The summed E-state index contributed by atoms with van der Waals surface area (Å²) in [5.41, 5.74) is 0. The first-order chi connectivity index (χ1) is 3.12. The van der Waals surface area contributed by atoms with Crippen molar-refractivity contribution in [1.29, 1.82) is 0 Å². The molecule has 7 heavy (non-hydrogen) atoms. The van der Waals surface area contributed by atoms with Gasteiger partial charge < -0.3 is 9.02 Å². The van der Waals surface area contributed by atoms with E-state index in [0.29, 0.717) is 0 Å². The average Bonchev–Trinajstić information content (AvgIpc) is 1.68. The van der Waals surface area contributed by atoms with Crippen LogP contribution in [-0.4, -0.2) is 8.40 Å². The fraction of sp³-hybridized carbons (Fsp3) is 0.500. The largest absolute Gasteiger partial charge is 0.837 e. The molecule has 0 aliphatic rings. The van der Waals surface area contributed by atoms with Crippen molar-refractivity contribution >= 4 is 8.40 Å². The summed E-state index contributed by atoms with van der Waals surface area (Å²) in [4.78, 5) is 0. The van der Waals surface area contributed by atoms with Gasteiger partial charge in [0.2, 0.25) is 0 Å². The zero-order valence-corrected chi connectivity index (χ0v) is 5.39. The number of hydrogen-bond donors (Lipinski definition) is 0. The molecule has 0 spiro atoms. The van der Waals surface area contributed by atoms with E-state index in [1.165, 1.54) is 0 Å². The fourth-order valence-corrected chi connectivity index (χ4v) is 0.0750. The predicted molar refractivity (Wildman–Crippen MR) is 30.7 cm³/mol. The Morgan fingerprint density at radius 3 is 1.43 bits per heavy atom. The van der Waals surface area contributed by atoms with Gasteiger partial charge in [-0.15, -0.1) is 0 Å². The number of rotatable bonds is 0. The molecule has 0 N–H and O–H groups in total. The summed E-state index contributed by atoms with van der Waals surface area (Å²) in [5.74, 6) is 0. The maximum Gasteiger partial charge on any atom is 0.837 e. The zero-order valence-electron chi connectivity index (χ0n) is 4.39. The van der Waals surface area contributed by atoms with Crippen LogP contribution in [0.2, 0.25) is 13.1 Å². The second-order valence-corrected chi connectivity index (χ2v) is 5.15. The molecule has 0 unspecified atom stereocenters. The molecule has 0 saturated heterocycles. The highest BCUT2D eigenvalue weighted by Crippen LogP contribution is 2.02. The first-order valence-electron chi connectivity index (χ1n) is 1.89. The smallest absolute Gasteiger partial charge is 0.342 e. The normalized spacial score (nSPS) is 9.14. The summed E-state index contributed by atoms with van der Waals surface area (Å²) in [6.07, 6.45) is 0. The lowest BCUT2D eigenvalue weighted by Crippen LogP contribution is -2.12. The van der Waals surface area contributed by atoms with E-state index in [1.54, 1.807) is 13.1 Å². The monoisotopic (exact) mass is 110 g/mol. The van der Waals surface area contributed by atoms with Crippen LogP contribution in [-0.2, 0) is 0 Å². The lowest BCUT2D eigenvalue weighted by molar-refractivity contribution is 1.84. The van der Waals surface area contributed by atoms with E-state index in [1.807, 2.05) is 0 Å². The third-order valence-electron chi connectivity index (χ3n) is 0.547. The van der Waals surface area contributed by atoms with Crippen LogP contribution >= 0.6 is 0 Å². The Balaban J connectivity index is 4.00. The van der Waals surface area contributed by atoms with E-state index >= 15 is 0 Å². The molecule has 36 valence electrons. The van der Waals surface area contributed by atoms with Gasteiger partial charge >= 0.3 is 8.40 Å². The van der Waals surface area contributed by atoms with Gasteiger partial charge in [0.05, 0.1) is 13.1 Å². The Labute approximate surface area is 44.6 Å². The van der Waals surface area contributed by atoms with Crippen LogP contribution in [0.15, 0.2) is 0 Å². The van der Waals surface area contributed by atoms with E-state index in [9.17, 15) is 0 Å². The van der Waals surface area contributed by atoms with Crippen LogP contribution in [0.3, 0.4) is 0 Å². The van der Waals surface area contributed by atoms with Gasteiger partial charge in [-0.2, -0.15) is 0 Å². The van der Waals surface area contributed by atoms with Gasteiger partial charge in [-0.25, -0.2) is 0 Å². The van der Waals surface area contributed by atoms with Gasteiger partial charge in [0, 0.05) is 0 Å². The minimum atomic E-state index is -2.07. The van der Waals surface area contributed by atoms with Crippen LogP contribution in [0.4, 0.5) is 0 Å². The Hall–Kier alpha value is -0.803. The van der Waals surface area contributed by atoms with Crippen LogP contribution in [0.5, 0.6) is 0 Å². The molecule has 0 aliphatic carbocycles. The maximum atomic E-state index is 6.48. The highest BCUT2D eigenvalue weighted by atomic mass is 28.3. The third-order valence-corrected chi connectivity index (χ3v) is 1.64.